The second kappa shape index (κ2) is 9.89. The third-order valence-corrected chi connectivity index (χ3v) is 7.45. The topological polar surface area (TPSA) is 118 Å². The molecule has 3 atom stereocenters. The number of aromatic nitrogens is 1. The van der Waals surface area contributed by atoms with Crippen LogP contribution in [0.1, 0.15) is 48.4 Å². The maximum atomic E-state index is 13.7. The van der Waals surface area contributed by atoms with Crippen LogP contribution in [0.2, 0.25) is 0 Å². The van der Waals surface area contributed by atoms with Crippen molar-refractivity contribution < 1.29 is 14.4 Å². The molecule has 37 heavy (non-hydrogen) atoms. The molecule has 0 bridgehead atoms. The van der Waals surface area contributed by atoms with Crippen molar-refractivity contribution in [1.82, 2.24) is 25.8 Å². The number of likely N-dealkylation sites (N-methyl/N-ethyl adjacent to an activating group) is 1. The van der Waals surface area contributed by atoms with Crippen molar-refractivity contribution in [2.24, 2.45) is 5.41 Å². The summed E-state index contributed by atoms with van der Waals surface area (Å²) in [4.78, 5) is 44.3. The van der Waals surface area contributed by atoms with Gasteiger partial charge in [0.1, 0.15) is 6.17 Å². The normalized spacial score (nSPS) is 24.8. The highest BCUT2D eigenvalue weighted by molar-refractivity contribution is 6.09. The molecule has 9 heteroatoms. The molecule has 1 aliphatic carbocycles. The number of nitrogens with zero attached hydrogens (tertiary/aromatic N) is 1. The molecular weight excluding hydrogens is 468 g/mol. The molecule has 1 fully saturated rings. The lowest BCUT2D eigenvalue weighted by Crippen LogP contribution is -2.46. The van der Waals surface area contributed by atoms with Gasteiger partial charge in [-0.1, -0.05) is 18.2 Å². The predicted molar refractivity (Wildman–Crippen MR) is 143 cm³/mol. The SMILES string of the molecule is CN[C@@H]1CCN(C(=O)C2(C)CC(=O)c3c([nH]c(C4=CC(NC(C)=O)NC=C4)c3Nc3ccccc3)C2)C1. The van der Waals surface area contributed by atoms with Gasteiger partial charge in [-0.05, 0) is 50.9 Å². The van der Waals surface area contributed by atoms with E-state index in [0.29, 0.717) is 30.8 Å². The molecule has 1 aromatic carbocycles. The van der Waals surface area contributed by atoms with E-state index >= 15 is 0 Å². The van der Waals surface area contributed by atoms with Gasteiger partial charge in [0.15, 0.2) is 5.78 Å². The number of rotatable bonds is 6. The summed E-state index contributed by atoms with van der Waals surface area (Å²) in [5.74, 6) is -0.173. The summed E-state index contributed by atoms with van der Waals surface area (Å²) in [6.45, 7) is 4.74. The van der Waals surface area contributed by atoms with Gasteiger partial charge in [0.05, 0.1) is 22.4 Å². The number of dihydropyridines is 1. The number of nitrogens with one attached hydrogen (secondary N) is 5. The van der Waals surface area contributed by atoms with Crippen LogP contribution in [-0.2, 0) is 16.0 Å². The van der Waals surface area contributed by atoms with Crippen LogP contribution < -0.4 is 21.3 Å². The summed E-state index contributed by atoms with van der Waals surface area (Å²) < 4.78 is 0. The maximum absolute atomic E-state index is 13.7. The number of hydrogen-bond donors (Lipinski definition) is 5. The van der Waals surface area contributed by atoms with E-state index in [1.807, 2.05) is 61.4 Å². The highest BCUT2D eigenvalue weighted by Gasteiger charge is 2.46. The number of H-pyrrole nitrogens is 1. The van der Waals surface area contributed by atoms with Crippen LogP contribution in [0.4, 0.5) is 11.4 Å². The van der Waals surface area contributed by atoms with E-state index in [4.69, 9.17) is 0 Å². The van der Waals surface area contributed by atoms with Crippen LogP contribution >= 0.6 is 0 Å². The fourth-order valence-electron chi connectivity index (χ4n) is 5.60. The Balaban J connectivity index is 1.53. The van der Waals surface area contributed by atoms with E-state index in [9.17, 15) is 14.4 Å². The number of aromatic amines is 1. The van der Waals surface area contributed by atoms with Crippen LogP contribution in [-0.4, -0.2) is 59.8 Å². The minimum absolute atomic E-state index is 0.0321. The largest absolute Gasteiger partial charge is 0.368 e. The number of ketones is 1. The fraction of sp³-hybridized carbons (Fsp3) is 0.393. The Labute approximate surface area is 216 Å². The number of allylic oxidation sites excluding steroid dienone is 2. The molecule has 3 heterocycles. The Morgan fingerprint density at radius 1 is 1.16 bits per heavy atom. The third kappa shape index (κ3) is 4.91. The van der Waals surface area contributed by atoms with Crippen molar-refractivity contribution in [2.75, 3.05) is 25.5 Å². The number of carbonyl (C=O) groups excluding carboxylic acids is 3. The van der Waals surface area contributed by atoms with Gasteiger partial charge < -0.3 is 31.2 Å². The molecule has 2 aliphatic heterocycles. The molecule has 0 radical (unpaired) electrons. The first kappa shape index (κ1) is 24.8. The molecule has 2 aromatic rings. The maximum Gasteiger partial charge on any atom is 0.229 e. The summed E-state index contributed by atoms with van der Waals surface area (Å²) in [6.07, 6.45) is 6.74. The first-order valence-electron chi connectivity index (χ1n) is 12.8. The second-order valence-corrected chi connectivity index (χ2v) is 10.4. The molecule has 0 spiro atoms. The van der Waals surface area contributed by atoms with E-state index in [1.54, 1.807) is 6.20 Å². The highest BCUT2D eigenvalue weighted by Crippen LogP contribution is 2.43. The van der Waals surface area contributed by atoms with Crippen LogP contribution in [0.15, 0.2) is 48.7 Å². The standard InChI is InChI=1S/C28H34N6O3/c1-17(35)31-23-13-18(9-11-30-23)25-26(32-19-7-5-4-6-8-19)24-21(33-25)14-28(2,15-22(24)36)27(37)34-12-10-20(16-34)29-3/h4-9,11,13,20,23,29-30,32-33H,10,12,14-16H2,1-3H3,(H,31,35)/t20-,23?,28?/m1/s1. The van der Waals surface area contributed by atoms with Gasteiger partial charge in [0, 0.05) is 55.9 Å². The molecule has 5 rings (SSSR count). The van der Waals surface area contributed by atoms with Gasteiger partial charge in [-0.25, -0.2) is 0 Å². The lowest BCUT2D eigenvalue weighted by atomic mass is 9.73. The summed E-state index contributed by atoms with van der Waals surface area (Å²) in [6, 6.07) is 9.99. The number of para-hydroxylation sites is 1. The summed E-state index contributed by atoms with van der Waals surface area (Å²) >= 11 is 0. The molecule has 5 N–H and O–H groups in total. The first-order valence-corrected chi connectivity index (χ1v) is 12.8. The Bertz CT molecular complexity index is 1280. The van der Waals surface area contributed by atoms with Gasteiger partial charge in [0.2, 0.25) is 11.8 Å². The smallest absolute Gasteiger partial charge is 0.229 e. The Hall–Kier alpha value is -3.85. The average molecular weight is 503 g/mol. The van der Waals surface area contributed by atoms with E-state index < -0.39 is 5.41 Å². The quantitative estimate of drug-likeness (QED) is 0.415. The van der Waals surface area contributed by atoms with E-state index in [2.05, 4.69) is 26.3 Å². The van der Waals surface area contributed by atoms with Gasteiger partial charge in [-0.3, -0.25) is 14.4 Å². The lowest BCUT2D eigenvalue weighted by Gasteiger charge is -2.35. The number of amides is 2. The molecule has 9 nitrogen and oxygen atoms in total. The zero-order valence-corrected chi connectivity index (χ0v) is 21.5. The number of fused-ring (bicyclic) bond motifs is 1. The summed E-state index contributed by atoms with van der Waals surface area (Å²) in [7, 11) is 1.92. The third-order valence-electron chi connectivity index (χ3n) is 7.45. The molecule has 0 saturated carbocycles. The van der Waals surface area contributed by atoms with Crippen molar-refractivity contribution in [3.05, 3.63) is 65.6 Å². The number of anilines is 2. The van der Waals surface area contributed by atoms with Gasteiger partial charge in [-0.2, -0.15) is 0 Å². The average Bonchev–Trinajstić information content (AvgIpc) is 3.49. The van der Waals surface area contributed by atoms with E-state index in [1.165, 1.54) is 6.92 Å². The van der Waals surface area contributed by atoms with Crippen LogP contribution in [0.3, 0.4) is 0 Å². The number of Topliss-reactive ketones (excluding diaryl/α,β-unsaturated/α-hetero) is 1. The Morgan fingerprint density at radius 2 is 1.95 bits per heavy atom. The van der Waals surface area contributed by atoms with Crippen molar-refractivity contribution in [3.63, 3.8) is 0 Å². The molecule has 194 valence electrons. The van der Waals surface area contributed by atoms with Gasteiger partial charge in [-0.15, -0.1) is 0 Å². The first-order chi connectivity index (χ1) is 17.8. The molecule has 1 saturated heterocycles. The molecule has 2 unspecified atom stereocenters. The highest BCUT2D eigenvalue weighted by atomic mass is 16.2. The molecule has 1 aromatic heterocycles. The van der Waals surface area contributed by atoms with E-state index in [-0.39, 0.29) is 36.2 Å². The number of carbonyl (C=O) groups is 3. The minimum atomic E-state index is -0.810. The fourth-order valence-corrected chi connectivity index (χ4v) is 5.60. The van der Waals surface area contributed by atoms with E-state index in [0.717, 1.165) is 29.1 Å². The number of likely N-dealkylation sites (tertiary alicyclic amines) is 1. The second-order valence-electron chi connectivity index (χ2n) is 10.4. The number of hydrogen-bond acceptors (Lipinski definition) is 6. The molecule has 2 amide bonds. The van der Waals surface area contributed by atoms with Crippen molar-refractivity contribution in [1.29, 1.82) is 0 Å². The zero-order chi connectivity index (χ0) is 26.2. The molecular formula is C28H34N6O3. The number of benzene rings is 1. The summed E-state index contributed by atoms with van der Waals surface area (Å²) in [5.41, 5.74) is 3.68. The van der Waals surface area contributed by atoms with Crippen LogP contribution in [0, 0.1) is 5.41 Å². The van der Waals surface area contributed by atoms with Gasteiger partial charge >= 0.3 is 0 Å². The zero-order valence-electron chi connectivity index (χ0n) is 21.5. The van der Waals surface area contributed by atoms with Crippen molar-refractivity contribution in [3.8, 4) is 0 Å². The molecule has 3 aliphatic rings. The van der Waals surface area contributed by atoms with Crippen LogP contribution in [0.5, 0.6) is 0 Å². The summed E-state index contributed by atoms with van der Waals surface area (Å²) in [5, 5.41) is 12.7. The Kier molecular flexibility index (Phi) is 6.64. The van der Waals surface area contributed by atoms with Gasteiger partial charge in [0.25, 0.3) is 0 Å². The predicted octanol–water partition coefficient (Wildman–Crippen LogP) is 2.68. The lowest BCUT2D eigenvalue weighted by molar-refractivity contribution is -0.140. The Morgan fingerprint density at radius 3 is 2.65 bits per heavy atom. The van der Waals surface area contributed by atoms with Crippen molar-refractivity contribution in [2.45, 2.75) is 45.3 Å². The minimum Gasteiger partial charge on any atom is -0.368 e. The van der Waals surface area contributed by atoms with Crippen LogP contribution in [0.25, 0.3) is 5.57 Å². The monoisotopic (exact) mass is 502 g/mol. The van der Waals surface area contributed by atoms with Crippen molar-refractivity contribution >= 4 is 34.5 Å².